The number of nitrogens with zero attached hydrogens (tertiary/aromatic N) is 1. The van der Waals surface area contributed by atoms with Crippen molar-refractivity contribution >= 4 is 43.5 Å². The zero-order valence-electron chi connectivity index (χ0n) is 9.96. The smallest absolute Gasteiger partial charge is 0.222 e. The Bertz CT molecular complexity index is 394. The summed E-state index contributed by atoms with van der Waals surface area (Å²) in [7, 11) is 3.56. The number of hydrogen-bond acceptors (Lipinski definition) is 2. The number of halogens is 2. The molecule has 17 heavy (non-hydrogen) atoms. The second-order valence-corrected chi connectivity index (χ2v) is 5.71. The van der Waals surface area contributed by atoms with E-state index < -0.39 is 0 Å². The van der Waals surface area contributed by atoms with Crippen LogP contribution in [0.4, 0.5) is 5.69 Å². The number of carbonyl (C=O) groups is 1. The fourth-order valence-corrected chi connectivity index (χ4v) is 2.07. The van der Waals surface area contributed by atoms with Crippen LogP contribution in [0.3, 0.4) is 0 Å². The standard InChI is InChI=1S/C12H16Br2N2O/c1-16(2)12(17)4-3-7-15-11-8-9(13)5-6-10(11)14/h5-6,8,15H,3-4,7H2,1-2H3. The summed E-state index contributed by atoms with van der Waals surface area (Å²) in [5, 5.41) is 3.30. The molecule has 0 bridgehead atoms. The molecule has 1 aromatic rings. The molecule has 0 saturated heterocycles. The van der Waals surface area contributed by atoms with Crippen LogP contribution in [-0.2, 0) is 4.79 Å². The van der Waals surface area contributed by atoms with Gasteiger partial charge >= 0.3 is 0 Å². The van der Waals surface area contributed by atoms with Crippen LogP contribution in [0.1, 0.15) is 12.8 Å². The molecular formula is C12H16Br2N2O. The molecule has 0 unspecified atom stereocenters. The third-order valence-electron chi connectivity index (χ3n) is 2.31. The summed E-state index contributed by atoms with van der Waals surface area (Å²) in [6, 6.07) is 5.97. The van der Waals surface area contributed by atoms with Gasteiger partial charge in [-0.2, -0.15) is 0 Å². The Morgan fingerprint density at radius 2 is 2.06 bits per heavy atom. The van der Waals surface area contributed by atoms with Crippen LogP contribution in [0, 0.1) is 0 Å². The maximum atomic E-state index is 11.4. The Hall–Kier alpha value is -0.550. The third kappa shape index (κ3) is 5.08. The van der Waals surface area contributed by atoms with Crippen molar-refractivity contribution in [1.82, 2.24) is 4.90 Å². The molecule has 0 heterocycles. The molecule has 0 fully saturated rings. The molecule has 0 spiro atoms. The van der Waals surface area contributed by atoms with Crippen molar-refractivity contribution in [3.05, 3.63) is 27.1 Å². The molecule has 94 valence electrons. The van der Waals surface area contributed by atoms with E-state index in [9.17, 15) is 4.79 Å². The second-order valence-electron chi connectivity index (χ2n) is 3.94. The van der Waals surface area contributed by atoms with Gasteiger partial charge in [-0.1, -0.05) is 15.9 Å². The summed E-state index contributed by atoms with van der Waals surface area (Å²) in [4.78, 5) is 13.0. The highest BCUT2D eigenvalue weighted by Gasteiger charge is 2.04. The van der Waals surface area contributed by atoms with Crippen LogP contribution in [0.15, 0.2) is 27.1 Å². The summed E-state index contributed by atoms with van der Waals surface area (Å²) in [5.41, 5.74) is 1.04. The van der Waals surface area contributed by atoms with E-state index in [2.05, 4.69) is 37.2 Å². The molecule has 1 N–H and O–H groups in total. The Balaban J connectivity index is 2.36. The summed E-state index contributed by atoms with van der Waals surface area (Å²) >= 11 is 6.90. The summed E-state index contributed by atoms with van der Waals surface area (Å²) < 4.78 is 2.06. The van der Waals surface area contributed by atoms with Crippen LogP contribution in [-0.4, -0.2) is 31.4 Å². The van der Waals surface area contributed by atoms with E-state index >= 15 is 0 Å². The fraction of sp³-hybridized carbons (Fsp3) is 0.417. The predicted octanol–water partition coefficient (Wildman–Crippen LogP) is 3.49. The van der Waals surface area contributed by atoms with Gasteiger partial charge in [0, 0.05) is 41.7 Å². The van der Waals surface area contributed by atoms with E-state index in [1.807, 2.05) is 18.2 Å². The van der Waals surface area contributed by atoms with Crippen LogP contribution >= 0.6 is 31.9 Å². The maximum Gasteiger partial charge on any atom is 0.222 e. The summed E-state index contributed by atoms with van der Waals surface area (Å²) in [5.74, 6) is 0.167. The Morgan fingerprint density at radius 3 is 2.71 bits per heavy atom. The van der Waals surface area contributed by atoms with Gasteiger partial charge in [0.15, 0.2) is 0 Å². The number of nitrogens with one attached hydrogen (secondary N) is 1. The van der Waals surface area contributed by atoms with Crippen molar-refractivity contribution in [2.24, 2.45) is 0 Å². The highest BCUT2D eigenvalue weighted by Crippen LogP contribution is 2.26. The van der Waals surface area contributed by atoms with Crippen molar-refractivity contribution in [2.75, 3.05) is 26.0 Å². The zero-order chi connectivity index (χ0) is 12.8. The van der Waals surface area contributed by atoms with Crippen LogP contribution < -0.4 is 5.32 Å². The first-order valence-electron chi connectivity index (χ1n) is 5.40. The summed E-state index contributed by atoms with van der Waals surface area (Å²) in [6.07, 6.45) is 1.40. The van der Waals surface area contributed by atoms with Gasteiger partial charge in [0.05, 0.1) is 0 Å². The van der Waals surface area contributed by atoms with E-state index in [0.29, 0.717) is 6.42 Å². The largest absolute Gasteiger partial charge is 0.384 e. The molecule has 0 aliphatic carbocycles. The lowest BCUT2D eigenvalue weighted by atomic mass is 10.2. The molecule has 0 aromatic heterocycles. The van der Waals surface area contributed by atoms with E-state index in [-0.39, 0.29) is 5.91 Å². The van der Waals surface area contributed by atoms with Gasteiger partial charge in [-0.15, -0.1) is 0 Å². The van der Waals surface area contributed by atoms with E-state index in [0.717, 1.165) is 27.6 Å². The highest BCUT2D eigenvalue weighted by molar-refractivity contribution is 9.11. The molecule has 0 radical (unpaired) electrons. The monoisotopic (exact) mass is 362 g/mol. The zero-order valence-corrected chi connectivity index (χ0v) is 13.1. The molecule has 5 heteroatoms. The van der Waals surface area contributed by atoms with Gasteiger partial charge < -0.3 is 10.2 Å². The number of anilines is 1. The third-order valence-corrected chi connectivity index (χ3v) is 3.49. The number of rotatable bonds is 5. The van der Waals surface area contributed by atoms with Crippen LogP contribution in [0.25, 0.3) is 0 Å². The van der Waals surface area contributed by atoms with E-state index in [4.69, 9.17) is 0 Å². The Kier molecular flexibility index (Phi) is 5.98. The molecule has 1 aromatic carbocycles. The minimum absolute atomic E-state index is 0.167. The quantitative estimate of drug-likeness (QED) is 0.812. The Morgan fingerprint density at radius 1 is 1.35 bits per heavy atom. The summed E-state index contributed by atoms with van der Waals surface area (Å²) in [6.45, 7) is 0.786. The number of amides is 1. The number of carbonyl (C=O) groups excluding carboxylic acids is 1. The number of hydrogen-bond donors (Lipinski definition) is 1. The predicted molar refractivity (Wildman–Crippen MR) is 78.3 cm³/mol. The fourth-order valence-electron chi connectivity index (χ4n) is 1.32. The minimum atomic E-state index is 0.167. The van der Waals surface area contributed by atoms with Crippen molar-refractivity contribution in [1.29, 1.82) is 0 Å². The molecule has 1 rings (SSSR count). The minimum Gasteiger partial charge on any atom is -0.384 e. The van der Waals surface area contributed by atoms with Crippen molar-refractivity contribution < 1.29 is 4.79 Å². The first-order valence-corrected chi connectivity index (χ1v) is 6.98. The SMILES string of the molecule is CN(C)C(=O)CCCNc1cc(Br)ccc1Br. The lowest BCUT2D eigenvalue weighted by Gasteiger charge is -2.11. The lowest BCUT2D eigenvalue weighted by Crippen LogP contribution is -2.22. The van der Waals surface area contributed by atoms with Crippen molar-refractivity contribution in [3.63, 3.8) is 0 Å². The molecule has 0 saturated carbocycles. The molecular weight excluding hydrogens is 348 g/mol. The molecule has 3 nitrogen and oxygen atoms in total. The van der Waals surface area contributed by atoms with Crippen molar-refractivity contribution in [2.45, 2.75) is 12.8 Å². The van der Waals surface area contributed by atoms with Gasteiger partial charge in [0.2, 0.25) is 5.91 Å². The van der Waals surface area contributed by atoms with Crippen LogP contribution in [0.5, 0.6) is 0 Å². The first kappa shape index (κ1) is 14.5. The second kappa shape index (κ2) is 7.01. The average molecular weight is 364 g/mol. The average Bonchev–Trinajstić information content (AvgIpc) is 2.28. The molecule has 1 amide bonds. The van der Waals surface area contributed by atoms with Crippen LogP contribution in [0.2, 0.25) is 0 Å². The van der Waals surface area contributed by atoms with Gasteiger partial charge in [0.25, 0.3) is 0 Å². The maximum absolute atomic E-state index is 11.4. The Labute approximate surface area is 119 Å². The first-order chi connectivity index (χ1) is 8.00. The van der Waals surface area contributed by atoms with E-state index in [1.54, 1.807) is 19.0 Å². The topological polar surface area (TPSA) is 32.3 Å². The normalized spacial score (nSPS) is 10.1. The molecule has 0 atom stereocenters. The molecule has 0 aliphatic rings. The van der Waals surface area contributed by atoms with E-state index in [1.165, 1.54) is 0 Å². The van der Waals surface area contributed by atoms with Gasteiger partial charge in [0.1, 0.15) is 0 Å². The molecule has 0 aliphatic heterocycles. The van der Waals surface area contributed by atoms with Gasteiger partial charge in [-0.3, -0.25) is 4.79 Å². The lowest BCUT2D eigenvalue weighted by molar-refractivity contribution is -0.128. The number of benzene rings is 1. The van der Waals surface area contributed by atoms with Gasteiger partial charge in [-0.25, -0.2) is 0 Å². The van der Waals surface area contributed by atoms with Crippen molar-refractivity contribution in [3.8, 4) is 0 Å². The van der Waals surface area contributed by atoms with Gasteiger partial charge in [-0.05, 0) is 40.5 Å². The highest BCUT2D eigenvalue weighted by atomic mass is 79.9.